The van der Waals surface area contributed by atoms with E-state index in [1.807, 2.05) is 0 Å². The zero-order chi connectivity index (χ0) is 12.8. The molecule has 1 aliphatic heterocycles. The molecule has 0 aromatic rings. The van der Waals surface area contributed by atoms with Crippen LogP contribution in [-0.2, 0) is 4.74 Å². The first-order chi connectivity index (χ1) is 7.97. The summed E-state index contributed by atoms with van der Waals surface area (Å²) in [6.07, 6.45) is 10.3. The smallest absolute Gasteiger partial charge is 0.0697 e. The van der Waals surface area contributed by atoms with Crippen molar-refractivity contribution in [2.75, 3.05) is 6.61 Å². The van der Waals surface area contributed by atoms with Gasteiger partial charge in [-0.2, -0.15) is 0 Å². The van der Waals surface area contributed by atoms with E-state index in [9.17, 15) is 5.11 Å². The van der Waals surface area contributed by atoms with Crippen molar-refractivity contribution >= 4 is 0 Å². The molecule has 0 aromatic heterocycles. The second-order valence-corrected chi connectivity index (χ2v) is 6.28. The summed E-state index contributed by atoms with van der Waals surface area (Å²) < 4.78 is 5.66. The molecule has 0 amide bonds. The normalized spacial score (nSPS) is 28.2. The first kappa shape index (κ1) is 15.0. The van der Waals surface area contributed by atoms with Gasteiger partial charge in [-0.05, 0) is 26.7 Å². The van der Waals surface area contributed by atoms with E-state index in [4.69, 9.17) is 4.74 Å². The number of ether oxygens (including phenoxy) is 1. The van der Waals surface area contributed by atoms with Crippen molar-refractivity contribution in [2.24, 2.45) is 0 Å². The van der Waals surface area contributed by atoms with Gasteiger partial charge in [-0.15, -0.1) is 0 Å². The summed E-state index contributed by atoms with van der Waals surface area (Å²) in [4.78, 5) is 0. The third-order valence-electron chi connectivity index (χ3n) is 3.81. The minimum atomic E-state index is -0.466. The first-order valence-corrected chi connectivity index (χ1v) is 7.34. The molecule has 102 valence electrons. The number of unbranched alkanes of at least 4 members (excludes halogenated alkanes) is 5. The zero-order valence-electron chi connectivity index (χ0n) is 11.9. The fourth-order valence-electron chi connectivity index (χ4n) is 2.90. The molecule has 1 aliphatic rings. The van der Waals surface area contributed by atoms with Crippen LogP contribution in [0.2, 0.25) is 0 Å². The highest BCUT2D eigenvalue weighted by Crippen LogP contribution is 2.35. The van der Waals surface area contributed by atoms with Gasteiger partial charge in [-0.1, -0.05) is 45.4 Å². The average molecular weight is 242 g/mol. The van der Waals surface area contributed by atoms with E-state index in [0.717, 1.165) is 25.7 Å². The monoisotopic (exact) mass is 242 g/mol. The van der Waals surface area contributed by atoms with Gasteiger partial charge >= 0.3 is 0 Å². The molecular weight excluding hydrogens is 212 g/mol. The number of rotatable bonds is 7. The fourth-order valence-corrected chi connectivity index (χ4v) is 2.90. The predicted molar refractivity (Wildman–Crippen MR) is 72.2 cm³/mol. The van der Waals surface area contributed by atoms with Crippen LogP contribution in [0.1, 0.15) is 78.6 Å². The Kier molecular flexibility index (Phi) is 5.94. The van der Waals surface area contributed by atoms with Gasteiger partial charge in [0.15, 0.2) is 0 Å². The molecule has 1 fully saturated rings. The van der Waals surface area contributed by atoms with Crippen LogP contribution in [0.25, 0.3) is 0 Å². The molecule has 0 aliphatic carbocycles. The molecule has 2 nitrogen and oxygen atoms in total. The van der Waals surface area contributed by atoms with Crippen molar-refractivity contribution in [2.45, 2.75) is 89.8 Å². The van der Waals surface area contributed by atoms with Crippen LogP contribution in [0, 0.1) is 0 Å². The molecule has 0 aromatic carbocycles. The summed E-state index contributed by atoms with van der Waals surface area (Å²) >= 11 is 0. The van der Waals surface area contributed by atoms with Gasteiger partial charge in [0.1, 0.15) is 0 Å². The molecule has 0 bridgehead atoms. The Bertz CT molecular complexity index is 213. The van der Waals surface area contributed by atoms with E-state index in [0.29, 0.717) is 6.61 Å². The highest BCUT2D eigenvalue weighted by Gasteiger charge is 2.38. The molecule has 1 rings (SSSR count). The van der Waals surface area contributed by atoms with E-state index in [2.05, 4.69) is 20.8 Å². The van der Waals surface area contributed by atoms with Gasteiger partial charge in [-0.3, -0.25) is 0 Å². The largest absolute Gasteiger partial charge is 0.390 e. The molecule has 0 radical (unpaired) electrons. The summed E-state index contributed by atoms with van der Waals surface area (Å²) in [5, 5.41) is 10.5. The van der Waals surface area contributed by atoms with Crippen molar-refractivity contribution in [1.29, 1.82) is 0 Å². The fraction of sp³-hybridized carbons (Fsp3) is 1.00. The van der Waals surface area contributed by atoms with Crippen LogP contribution in [0.5, 0.6) is 0 Å². The summed E-state index contributed by atoms with van der Waals surface area (Å²) in [6, 6.07) is 0. The summed E-state index contributed by atoms with van der Waals surface area (Å²) in [6.45, 7) is 7.11. The second-order valence-electron chi connectivity index (χ2n) is 6.28. The van der Waals surface area contributed by atoms with Gasteiger partial charge in [0.25, 0.3) is 0 Å². The Morgan fingerprint density at radius 1 is 1.06 bits per heavy atom. The maximum absolute atomic E-state index is 10.5. The van der Waals surface area contributed by atoms with Crippen molar-refractivity contribution in [3.8, 4) is 0 Å². The van der Waals surface area contributed by atoms with Gasteiger partial charge in [0.2, 0.25) is 0 Å². The Balaban J connectivity index is 2.16. The predicted octanol–water partition coefficient (Wildman–Crippen LogP) is 4.06. The van der Waals surface area contributed by atoms with Crippen molar-refractivity contribution in [3.63, 3.8) is 0 Å². The molecule has 2 heteroatoms. The van der Waals surface area contributed by atoms with Crippen LogP contribution in [0.3, 0.4) is 0 Å². The molecule has 0 saturated carbocycles. The molecular formula is C15H30O2. The lowest BCUT2D eigenvalue weighted by Crippen LogP contribution is -2.45. The van der Waals surface area contributed by atoms with Crippen LogP contribution in [0.4, 0.5) is 0 Å². The van der Waals surface area contributed by atoms with Crippen LogP contribution < -0.4 is 0 Å². The van der Waals surface area contributed by atoms with E-state index in [1.54, 1.807) is 0 Å². The Labute approximate surface area is 107 Å². The Morgan fingerprint density at radius 3 is 2.35 bits per heavy atom. The van der Waals surface area contributed by atoms with Crippen molar-refractivity contribution < 1.29 is 9.84 Å². The number of hydrogen-bond acceptors (Lipinski definition) is 2. The molecule has 17 heavy (non-hydrogen) atoms. The highest BCUT2D eigenvalue weighted by molar-refractivity contribution is 4.90. The third kappa shape index (κ3) is 5.87. The maximum atomic E-state index is 10.5. The van der Waals surface area contributed by atoms with E-state index < -0.39 is 5.60 Å². The maximum Gasteiger partial charge on any atom is 0.0697 e. The standard InChI is InChI=1S/C15H30O2/c1-4-5-6-7-8-9-10-15(16)11-12-17-14(2,3)13-15/h16H,4-13H2,1-3H3. The summed E-state index contributed by atoms with van der Waals surface area (Å²) in [7, 11) is 0. The Morgan fingerprint density at radius 2 is 1.71 bits per heavy atom. The van der Waals surface area contributed by atoms with E-state index in [-0.39, 0.29) is 5.60 Å². The van der Waals surface area contributed by atoms with Crippen molar-refractivity contribution in [3.05, 3.63) is 0 Å². The minimum Gasteiger partial charge on any atom is -0.390 e. The molecule has 1 saturated heterocycles. The van der Waals surface area contributed by atoms with Gasteiger partial charge < -0.3 is 9.84 Å². The van der Waals surface area contributed by atoms with Gasteiger partial charge in [0, 0.05) is 6.42 Å². The quantitative estimate of drug-likeness (QED) is 0.682. The molecule has 1 unspecified atom stereocenters. The molecule has 1 atom stereocenters. The molecule has 0 spiro atoms. The lowest BCUT2D eigenvalue weighted by atomic mass is 9.81. The summed E-state index contributed by atoms with van der Waals surface area (Å²) in [5.74, 6) is 0. The Hall–Kier alpha value is -0.0800. The van der Waals surface area contributed by atoms with Gasteiger partial charge in [-0.25, -0.2) is 0 Å². The molecule has 1 N–H and O–H groups in total. The van der Waals surface area contributed by atoms with Crippen molar-refractivity contribution in [1.82, 2.24) is 0 Å². The third-order valence-corrected chi connectivity index (χ3v) is 3.81. The first-order valence-electron chi connectivity index (χ1n) is 7.34. The topological polar surface area (TPSA) is 29.5 Å². The lowest BCUT2D eigenvalue weighted by molar-refractivity contribution is -0.147. The second kappa shape index (κ2) is 6.75. The number of hydrogen-bond donors (Lipinski definition) is 1. The highest BCUT2D eigenvalue weighted by atomic mass is 16.5. The summed E-state index contributed by atoms with van der Waals surface area (Å²) in [5.41, 5.74) is -0.609. The average Bonchev–Trinajstić information content (AvgIpc) is 2.21. The minimum absolute atomic E-state index is 0.144. The van der Waals surface area contributed by atoms with Gasteiger partial charge in [0.05, 0.1) is 17.8 Å². The SMILES string of the molecule is CCCCCCCCC1(O)CCOC(C)(C)C1. The number of aliphatic hydroxyl groups is 1. The van der Waals surface area contributed by atoms with E-state index in [1.165, 1.54) is 32.1 Å². The zero-order valence-corrected chi connectivity index (χ0v) is 11.9. The molecule has 1 heterocycles. The van der Waals surface area contributed by atoms with Crippen LogP contribution in [-0.4, -0.2) is 22.9 Å². The lowest BCUT2D eigenvalue weighted by Gasteiger charge is -2.41. The van der Waals surface area contributed by atoms with Crippen LogP contribution >= 0.6 is 0 Å². The van der Waals surface area contributed by atoms with Crippen LogP contribution in [0.15, 0.2) is 0 Å². The van der Waals surface area contributed by atoms with E-state index >= 15 is 0 Å².